The zero-order chi connectivity index (χ0) is 22.2. The Morgan fingerprint density at radius 2 is 1.84 bits per heavy atom. The Hall–Kier alpha value is -3.00. The van der Waals surface area contributed by atoms with Crippen molar-refractivity contribution in [2.45, 2.75) is 37.4 Å². The van der Waals surface area contributed by atoms with Crippen LogP contribution in [0.2, 0.25) is 0 Å². The van der Waals surface area contributed by atoms with Crippen LogP contribution in [0.5, 0.6) is 5.75 Å². The van der Waals surface area contributed by atoms with E-state index in [0.29, 0.717) is 22.5 Å². The maximum atomic E-state index is 12.3. The molecule has 166 valence electrons. The van der Waals surface area contributed by atoms with Crippen molar-refractivity contribution in [3.05, 3.63) is 42.5 Å². The van der Waals surface area contributed by atoms with Crippen LogP contribution in [0.15, 0.2) is 36.9 Å². The van der Waals surface area contributed by atoms with Gasteiger partial charge in [0.05, 0.1) is 12.9 Å². The molecule has 13 heteroatoms. The first kappa shape index (κ1) is 21.2. The average Bonchev–Trinajstić information content (AvgIpc) is 3.28. The summed E-state index contributed by atoms with van der Waals surface area (Å²) in [6.45, 7) is -0.227. The second-order valence-corrected chi connectivity index (χ2v) is 6.82. The van der Waals surface area contributed by atoms with E-state index in [9.17, 15) is 28.5 Å². The lowest BCUT2D eigenvalue weighted by Gasteiger charge is -2.16. The van der Waals surface area contributed by atoms with Crippen molar-refractivity contribution >= 4 is 17.0 Å². The lowest BCUT2D eigenvalue weighted by Crippen LogP contribution is -2.33. The second-order valence-electron chi connectivity index (χ2n) is 6.82. The Morgan fingerprint density at radius 1 is 1.10 bits per heavy atom. The first-order valence-electron chi connectivity index (χ1n) is 9.15. The Bertz CT molecular complexity index is 1050. The summed E-state index contributed by atoms with van der Waals surface area (Å²) in [5, 5.41) is 32.5. The number of nitrogens with one attached hydrogen (secondary N) is 1. The summed E-state index contributed by atoms with van der Waals surface area (Å²) in [4.78, 5) is 12.5. The van der Waals surface area contributed by atoms with Gasteiger partial charge in [-0.05, 0) is 17.7 Å². The molecule has 10 nitrogen and oxygen atoms in total. The molecule has 4 rings (SSSR count). The highest BCUT2D eigenvalue weighted by Gasteiger charge is 2.44. The highest BCUT2D eigenvalue weighted by Crippen LogP contribution is 2.32. The van der Waals surface area contributed by atoms with E-state index in [1.54, 1.807) is 0 Å². The van der Waals surface area contributed by atoms with E-state index in [1.165, 1.54) is 41.5 Å². The van der Waals surface area contributed by atoms with Crippen molar-refractivity contribution in [2.75, 3.05) is 11.9 Å². The Morgan fingerprint density at radius 3 is 2.48 bits per heavy atom. The van der Waals surface area contributed by atoms with Gasteiger partial charge >= 0.3 is 6.36 Å². The van der Waals surface area contributed by atoms with Crippen LogP contribution < -0.4 is 10.1 Å². The van der Waals surface area contributed by atoms with Gasteiger partial charge in [-0.15, -0.1) is 13.2 Å². The molecule has 1 saturated heterocycles. The second kappa shape index (κ2) is 8.26. The Labute approximate surface area is 172 Å². The number of anilines is 1. The quantitative estimate of drug-likeness (QED) is 0.441. The van der Waals surface area contributed by atoms with Crippen molar-refractivity contribution < 1.29 is 38.0 Å². The van der Waals surface area contributed by atoms with Gasteiger partial charge in [-0.2, -0.15) is 0 Å². The summed E-state index contributed by atoms with van der Waals surface area (Å²) >= 11 is 0. The lowest BCUT2D eigenvalue weighted by atomic mass is 10.1. The molecule has 0 saturated carbocycles. The number of ether oxygens (including phenoxy) is 2. The monoisotopic (exact) mass is 441 g/mol. The highest BCUT2D eigenvalue weighted by molar-refractivity contribution is 5.82. The molecule has 31 heavy (non-hydrogen) atoms. The van der Waals surface area contributed by atoms with Gasteiger partial charge in [-0.3, -0.25) is 4.57 Å². The zero-order valence-corrected chi connectivity index (χ0v) is 15.8. The van der Waals surface area contributed by atoms with Crippen LogP contribution in [0.25, 0.3) is 11.2 Å². The van der Waals surface area contributed by atoms with Crippen molar-refractivity contribution in [2.24, 2.45) is 0 Å². The van der Waals surface area contributed by atoms with Gasteiger partial charge in [0.2, 0.25) is 0 Å². The van der Waals surface area contributed by atoms with Gasteiger partial charge in [-0.1, -0.05) is 12.1 Å². The zero-order valence-electron chi connectivity index (χ0n) is 15.8. The first-order chi connectivity index (χ1) is 14.8. The third-order valence-corrected chi connectivity index (χ3v) is 4.77. The Balaban J connectivity index is 1.50. The normalized spacial score (nSPS) is 23.9. The highest BCUT2D eigenvalue weighted by atomic mass is 19.4. The molecule has 0 bridgehead atoms. The van der Waals surface area contributed by atoms with E-state index < -0.39 is 37.5 Å². The smallest absolute Gasteiger partial charge is 0.406 e. The fraction of sp³-hybridized carbons (Fsp3) is 0.389. The molecule has 0 radical (unpaired) electrons. The fourth-order valence-electron chi connectivity index (χ4n) is 3.27. The number of hydrogen-bond donors (Lipinski definition) is 4. The molecule has 0 unspecified atom stereocenters. The lowest BCUT2D eigenvalue weighted by molar-refractivity contribution is -0.274. The molecule has 1 aliphatic heterocycles. The molecule has 1 aliphatic rings. The number of benzene rings is 1. The SMILES string of the molecule is OC[C@H]1O[C@@H](n2cnc3c(NCc4ccc(OC(F)(F)F)cc4)ncnc32)[C@@H](O)[C@@H]1O. The molecule has 3 heterocycles. The predicted octanol–water partition coefficient (Wildman–Crippen LogP) is 0.949. The van der Waals surface area contributed by atoms with Crippen LogP contribution in [0.4, 0.5) is 19.0 Å². The summed E-state index contributed by atoms with van der Waals surface area (Å²) in [5.74, 6) is 0.0315. The molecule has 2 aromatic heterocycles. The fourth-order valence-corrected chi connectivity index (χ4v) is 3.27. The van der Waals surface area contributed by atoms with Crippen molar-refractivity contribution in [3.8, 4) is 5.75 Å². The number of rotatable bonds is 6. The molecule has 1 aromatic carbocycles. The van der Waals surface area contributed by atoms with E-state index in [-0.39, 0.29) is 12.3 Å². The number of fused-ring (bicyclic) bond motifs is 1. The number of alkyl halides is 3. The number of nitrogens with zero attached hydrogens (tertiary/aromatic N) is 4. The van der Waals surface area contributed by atoms with Gasteiger partial charge in [0.15, 0.2) is 23.2 Å². The maximum Gasteiger partial charge on any atom is 0.573 e. The summed E-state index contributed by atoms with van der Waals surface area (Å²) in [7, 11) is 0. The molecule has 0 amide bonds. The van der Waals surface area contributed by atoms with Gasteiger partial charge in [0, 0.05) is 6.54 Å². The molecular weight excluding hydrogens is 423 g/mol. The molecular formula is C18H18F3N5O5. The average molecular weight is 441 g/mol. The number of aliphatic hydroxyl groups excluding tert-OH is 3. The minimum absolute atomic E-state index is 0.235. The van der Waals surface area contributed by atoms with Gasteiger partial charge in [0.1, 0.15) is 30.4 Å². The van der Waals surface area contributed by atoms with Gasteiger partial charge < -0.3 is 30.1 Å². The van der Waals surface area contributed by atoms with Crippen molar-refractivity contribution in [1.29, 1.82) is 0 Å². The standard InChI is InChI=1S/C18H18F3N5O5/c19-18(20,21)31-10-3-1-9(2-4-10)5-22-15-12-16(24-7-23-15)26(8-25-12)17-14(29)13(28)11(6-27)30-17/h1-4,7-8,11,13-14,17,27-29H,5-6H2,(H,22,23,24)/t11-,13-,14+,17-/m1/s1. The van der Waals surface area contributed by atoms with Gasteiger partial charge in [0.25, 0.3) is 0 Å². The van der Waals surface area contributed by atoms with E-state index in [2.05, 4.69) is 25.0 Å². The molecule has 4 N–H and O–H groups in total. The van der Waals surface area contributed by atoms with E-state index in [0.717, 1.165) is 0 Å². The van der Waals surface area contributed by atoms with Crippen LogP contribution in [-0.4, -0.2) is 66.1 Å². The number of imidazole rings is 1. The number of hydrogen-bond acceptors (Lipinski definition) is 9. The van der Waals surface area contributed by atoms with Crippen molar-refractivity contribution in [1.82, 2.24) is 19.5 Å². The van der Waals surface area contributed by atoms with Gasteiger partial charge in [-0.25, -0.2) is 15.0 Å². The number of aromatic nitrogens is 4. The topological polar surface area (TPSA) is 135 Å². The van der Waals surface area contributed by atoms with E-state index in [1.807, 2.05) is 0 Å². The minimum atomic E-state index is -4.75. The molecule has 0 aliphatic carbocycles. The Kier molecular flexibility index (Phi) is 5.66. The largest absolute Gasteiger partial charge is 0.573 e. The molecule has 0 spiro atoms. The van der Waals surface area contributed by atoms with Crippen molar-refractivity contribution in [3.63, 3.8) is 0 Å². The van der Waals surface area contributed by atoms with Crippen LogP contribution in [-0.2, 0) is 11.3 Å². The maximum absolute atomic E-state index is 12.3. The molecule has 3 aromatic rings. The van der Waals surface area contributed by atoms with Crippen LogP contribution >= 0.6 is 0 Å². The van der Waals surface area contributed by atoms with Crippen LogP contribution in [0.3, 0.4) is 0 Å². The minimum Gasteiger partial charge on any atom is -0.406 e. The van der Waals surface area contributed by atoms with Crippen LogP contribution in [0.1, 0.15) is 11.8 Å². The van der Waals surface area contributed by atoms with E-state index >= 15 is 0 Å². The third kappa shape index (κ3) is 4.39. The summed E-state index contributed by atoms with van der Waals surface area (Å²) < 4.78 is 47.5. The number of halogens is 3. The molecule has 1 fully saturated rings. The summed E-state index contributed by atoms with van der Waals surface area (Å²) in [6.07, 6.45) is -6.62. The number of aliphatic hydroxyl groups is 3. The van der Waals surface area contributed by atoms with E-state index in [4.69, 9.17) is 4.74 Å². The van der Waals surface area contributed by atoms with Crippen LogP contribution in [0, 0.1) is 0 Å². The summed E-state index contributed by atoms with van der Waals surface area (Å²) in [6, 6.07) is 5.36. The third-order valence-electron chi connectivity index (χ3n) is 4.77. The molecule has 4 atom stereocenters. The summed E-state index contributed by atoms with van der Waals surface area (Å²) in [5.41, 5.74) is 1.35. The predicted molar refractivity (Wildman–Crippen MR) is 98.8 cm³/mol. The first-order valence-corrected chi connectivity index (χ1v) is 9.15.